The molecule has 3 atom stereocenters. The molecule has 0 spiro atoms. The van der Waals surface area contributed by atoms with Crippen LogP contribution in [0.25, 0.3) is 0 Å². The molecule has 2 aliphatic rings. The van der Waals surface area contributed by atoms with E-state index < -0.39 is 0 Å². The van der Waals surface area contributed by atoms with Gasteiger partial charge in [0.05, 0.1) is 0 Å². The van der Waals surface area contributed by atoms with Gasteiger partial charge in [0.15, 0.2) is 0 Å². The molecule has 0 amide bonds. The highest BCUT2D eigenvalue weighted by molar-refractivity contribution is 5.01. The SMILES string of the molecule is CC(N)C1CCCCN1C1C=CCCC1. The molecule has 0 aromatic carbocycles. The molecular weight excluding hydrogens is 184 g/mol. The topological polar surface area (TPSA) is 29.3 Å². The number of hydrogen-bond acceptors (Lipinski definition) is 2. The molecule has 1 fully saturated rings. The molecule has 0 radical (unpaired) electrons. The van der Waals surface area contributed by atoms with Crippen molar-refractivity contribution in [1.29, 1.82) is 0 Å². The van der Waals surface area contributed by atoms with Crippen molar-refractivity contribution in [2.75, 3.05) is 6.54 Å². The molecule has 3 unspecified atom stereocenters. The number of likely N-dealkylation sites (tertiary alicyclic amines) is 1. The number of hydrogen-bond donors (Lipinski definition) is 1. The first-order chi connectivity index (χ1) is 7.29. The van der Waals surface area contributed by atoms with Crippen LogP contribution >= 0.6 is 0 Å². The molecule has 1 saturated heterocycles. The smallest absolute Gasteiger partial charge is 0.0281 e. The van der Waals surface area contributed by atoms with Crippen LogP contribution in [0.3, 0.4) is 0 Å². The van der Waals surface area contributed by atoms with Crippen molar-refractivity contribution in [3.05, 3.63) is 12.2 Å². The van der Waals surface area contributed by atoms with Gasteiger partial charge in [0.1, 0.15) is 0 Å². The first kappa shape index (κ1) is 11.2. The molecular formula is C13H24N2. The molecule has 2 heteroatoms. The summed E-state index contributed by atoms with van der Waals surface area (Å²) in [6.07, 6.45) is 12.7. The summed E-state index contributed by atoms with van der Waals surface area (Å²) in [5.41, 5.74) is 6.10. The third kappa shape index (κ3) is 2.61. The van der Waals surface area contributed by atoms with E-state index in [-0.39, 0.29) is 0 Å². The summed E-state index contributed by atoms with van der Waals surface area (Å²) in [6, 6.07) is 1.61. The fourth-order valence-electron chi connectivity index (χ4n) is 3.03. The Morgan fingerprint density at radius 3 is 2.80 bits per heavy atom. The zero-order chi connectivity index (χ0) is 10.7. The van der Waals surface area contributed by atoms with Gasteiger partial charge in [-0.25, -0.2) is 0 Å². The van der Waals surface area contributed by atoms with Gasteiger partial charge < -0.3 is 5.73 Å². The Morgan fingerprint density at radius 1 is 1.27 bits per heavy atom. The maximum absolute atomic E-state index is 6.10. The van der Waals surface area contributed by atoms with Crippen LogP contribution in [0.4, 0.5) is 0 Å². The molecule has 1 aliphatic carbocycles. The largest absolute Gasteiger partial charge is 0.327 e. The Morgan fingerprint density at radius 2 is 2.13 bits per heavy atom. The highest BCUT2D eigenvalue weighted by Gasteiger charge is 2.29. The third-order valence-corrected chi connectivity index (χ3v) is 3.85. The van der Waals surface area contributed by atoms with Crippen LogP contribution in [-0.2, 0) is 0 Å². The van der Waals surface area contributed by atoms with Gasteiger partial charge in [0.2, 0.25) is 0 Å². The van der Waals surface area contributed by atoms with Crippen LogP contribution in [0.1, 0.15) is 45.4 Å². The second-order valence-electron chi connectivity index (χ2n) is 5.09. The number of piperidine rings is 1. The van der Waals surface area contributed by atoms with Crippen molar-refractivity contribution in [2.45, 2.75) is 63.6 Å². The Kier molecular flexibility index (Phi) is 3.81. The van der Waals surface area contributed by atoms with Gasteiger partial charge in [-0.2, -0.15) is 0 Å². The van der Waals surface area contributed by atoms with E-state index in [0.29, 0.717) is 18.1 Å². The molecule has 1 aliphatic heterocycles. The summed E-state index contributed by atoms with van der Waals surface area (Å²) in [7, 11) is 0. The number of allylic oxidation sites excluding steroid dienone is 1. The molecule has 0 saturated carbocycles. The van der Waals surface area contributed by atoms with E-state index in [1.807, 2.05) is 0 Å². The number of nitrogens with two attached hydrogens (primary N) is 1. The Labute approximate surface area is 93.5 Å². The molecule has 0 aromatic rings. The standard InChI is InChI=1S/C13H24N2/c1-11(14)13-9-5-6-10-15(13)12-7-3-2-4-8-12/h3,7,11-13H,2,4-6,8-10,14H2,1H3. The molecule has 1 heterocycles. The summed E-state index contributed by atoms with van der Waals surface area (Å²) in [6.45, 7) is 3.41. The predicted octanol–water partition coefficient (Wildman–Crippen LogP) is 2.30. The average molecular weight is 208 g/mol. The lowest BCUT2D eigenvalue weighted by molar-refractivity contribution is 0.0946. The fourth-order valence-corrected chi connectivity index (χ4v) is 3.03. The molecule has 2 nitrogen and oxygen atoms in total. The van der Waals surface area contributed by atoms with Crippen LogP contribution in [0.15, 0.2) is 12.2 Å². The lowest BCUT2D eigenvalue weighted by atomic mass is 9.92. The maximum Gasteiger partial charge on any atom is 0.0281 e. The lowest BCUT2D eigenvalue weighted by Crippen LogP contribution is -2.53. The molecule has 2 rings (SSSR count). The summed E-state index contributed by atoms with van der Waals surface area (Å²) in [4.78, 5) is 2.66. The minimum Gasteiger partial charge on any atom is -0.327 e. The van der Waals surface area contributed by atoms with Crippen molar-refractivity contribution in [2.24, 2.45) is 5.73 Å². The average Bonchev–Trinajstić information content (AvgIpc) is 2.30. The van der Waals surface area contributed by atoms with Gasteiger partial charge in [-0.15, -0.1) is 0 Å². The minimum atomic E-state index is 0.320. The minimum absolute atomic E-state index is 0.320. The van der Waals surface area contributed by atoms with Crippen molar-refractivity contribution in [3.63, 3.8) is 0 Å². The van der Waals surface area contributed by atoms with Gasteiger partial charge in [-0.3, -0.25) is 4.90 Å². The van der Waals surface area contributed by atoms with Crippen molar-refractivity contribution >= 4 is 0 Å². The van der Waals surface area contributed by atoms with Crippen LogP contribution < -0.4 is 5.73 Å². The molecule has 0 aromatic heterocycles. The summed E-state index contributed by atoms with van der Waals surface area (Å²) < 4.78 is 0. The Balaban J connectivity index is 2.03. The molecule has 0 bridgehead atoms. The van der Waals surface area contributed by atoms with Crippen molar-refractivity contribution in [1.82, 2.24) is 4.90 Å². The fraction of sp³-hybridized carbons (Fsp3) is 0.846. The van der Waals surface area contributed by atoms with Crippen LogP contribution in [0.2, 0.25) is 0 Å². The van der Waals surface area contributed by atoms with Crippen molar-refractivity contribution < 1.29 is 0 Å². The Hall–Kier alpha value is -0.340. The number of nitrogens with zero attached hydrogens (tertiary/aromatic N) is 1. The second kappa shape index (κ2) is 5.13. The molecule has 15 heavy (non-hydrogen) atoms. The zero-order valence-electron chi connectivity index (χ0n) is 9.86. The van der Waals surface area contributed by atoms with Gasteiger partial charge in [-0.1, -0.05) is 18.6 Å². The highest BCUT2D eigenvalue weighted by Crippen LogP contribution is 2.26. The van der Waals surface area contributed by atoms with Crippen molar-refractivity contribution in [3.8, 4) is 0 Å². The predicted molar refractivity (Wildman–Crippen MR) is 64.8 cm³/mol. The van der Waals surface area contributed by atoms with Crippen LogP contribution in [-0.4, -0.2) is 29.6 Å². The molecule has 86 valence electrons. The summed E-state index contributed by atoms with van der Waals surface area (Å²) >= 11 is 0. The van der Waals surface area contributed by atoms with E-state index in [1.165, 1.54) is 45.1 Å². The van der Waals surface area contributed by atoms with E-state index in [0.717, 1.165) is 0 Å². The lowest BCUT2D eigenvalue weighted by Gasteiger charge is -2.43. The quantitative estimate of drug-likeness (QED) is 0.706. The van der Waals surface area contributed by atoms with E-state index >= 15 is 0 Å². The van der Waals surface area contributed by atoms with Crippen LogP contribution in [0, 0.1) is 0 Å². The second-order valence-corrected chi connectivity index (χ2v) is 5.09. The maximum atomic E-state index is 6.10. The van der Waals surface area contributed by atoms with Gasteiger partial charge in [0.25, 0.3) is 0 Å². The first-order valence-corrected chi connectivity index (χ1v) is 6.47. The first-order valence-electron chi connectivity index (χ1n) is 6.47. The summed E-state index contributed by atoms with van der Waals surface area (Å²) in [5, 5.41) is 0. The van der Waals surface area contributed by atoms with Gasteiger partial charge >= 0.3 is 0 Å². The van der Waals surface area contributed by atoms with E-state index in [1.54, 1.807) is 0 Å². The normalized spacial score (nSPS) is 35.3. The van der Waals surface area contributed by atoms with Gasteiger partial charge in [-0.05, 0) is 45.6 Å². The third-order valence-electron chi connectivity index (χ3n) is 3.85. The highest BCUT2D eigenvalue weighted by atomic mass is 15.2. The van der Waals surface area contributed by atoms with E-state index in [4.69, 9.17) is 5.73 Å². The van der Waals surface area contributed by atoms with Crippen LogP contribution in [0.5, 0.6) is 0 Å². The Bertz CT molecular complexity index is 223. The number of rotatable bonds is 2. The van der Waals surface area contributed by atoms with Gasteiger partial charge in [0, 0.05) is 18.1 Å². The van der Waals surface area contributed by atoms with E-state index in [2.05, 4.69) is 24.0 Å². The zero-order valence-corrected chi connectivity index (χ0v) is 9.86. The molecule has 2 N–H and O–H groups in total. The summed E-state index contributed by atoms with van der Waals surface area (Å²) in [5.74, 6) is 0. The van der Waals surface area contributed by atoms with E-state index in [9.17, 15) is 0 Å². The monoisotopic (exact) mass is 208 g/mol.